The summed E-state index contributed by atoms with van der Waals surface area (Å²) in [5.41, 5.74) is 0.917. The summed E-state index contributed by atoms with van der Waals surface area (Å²) in [6, 6.07) is 12.4. The van der Waals surface area contributed by atoms with E-state index in [1.807, 2.05) is 0 Å². The standard InChI is InChI=1S/C36H39NO10/c1-21-7-5-11-25(38)10-4-2-3-8-24-16-28(40)34(35(43)33(24)36(44)47-21)27(22-13-14-30-31(17-22)46-20-45-30)18-32(42)37-19-29(41)23-9-6-12-26(39)15-23/h3,6,8-9,12-17,21,27,29,39-41,43H,2,4-5,7,10-11,18-20H2,1H3,(H,37,42)/b8-3+/t21-,27?,29?/m0/s1. The third-order valence-electron chi connectivity index (χ3n) is 8.34. The number of benzene rings is 3. The topological polar surface area (TPSA) is 172 Å². The zero-order valence-corrected chi connectivity index (χ0v) is 26.1. The smallest absolute Gasteiger partial charge is 0.342 e. The number of aliphatic hydroxyl groups excluding tert-OH is 1. The molecule has 3 aromatic rings. The number of allylic oxidation sites excluding steroid dienone is 1. The summed E-state index contributed by atoms with van der Waals surface area (Å²) in [5.74, 6) is -2.13. The van der Waals surface area contributed by atoms with Crippen molar-refractivity contribution in [3.05, 3.63) is 82.4 Å². The van der Waals surface area contributed by atoms with Crippen molar-refractivity contribution in [1.29, 1.82) is 0 Å². The van der Waals surface area contributed by atoms with Crippen molar-refractivity contribution < 1.29 is 49.0 Å². The second-order valence-corrected chi connectivity index (χ2v) is 11.8. The summed E-state index contributed by atoms with van der Waals surface area (Å²) in [6.07, 6.45) is 4.47. The van der Waals surface area contributed by atoms with Gasteiger partial charge in [0.25, 0.3) is 0 Å². The molecule has 2 unspecified atom stereocenters. The van der Waals surface area contributed by atoms with Crippen molar-refractivity contribution in [2.24, 2.45) is 0 Å². The highest BCUT2D eigenvalue weighted by molar-refractivity contribution is 5.98. The number of nitrogens with one attached hydrogen (secondary N) is 1. The van der Waals surface area contributed by atoms with Gasteiger partial charge < -0.3 is 40.0 Å². The van der Waals surface area contributed by atoms with Crippen LogP contribution >= 0.6 is 0 Å². The van der Waals surface area contributed by atoms with Gasteiger partial charge in [0.1, 0.15) is 28.6 Å². The van der Waals surface area contributed by atoms with Gasteiger partial charge in [-0.25, -0.2) is 4.79 Å². The Morgan fingerprint density at radius 2 is 1.77 bits per heavy atom. The van der Waals surface area contributed by atoms with E-state index in [1.165, 1.54) is 18.2 Å². The average Bonchev–Trinajstić information content (AvgIpc) is 3.50. The Morgan fingerprint density at radius 3 is 2.57 bits per heavy atom. The highest BCUT2D eigenvalue weighted by atomic mass is 16.7. The molecule has 0 fully saturated rings. The molecular weight excluding hydrogens is 606 g/mol. The monoisotopic (exact) mass is 645 g/mol. The molecule has 0 bridgehead atoms. The summed E-state index contributed by atoms with van der Waals surface area (Å²) in [7, 11) is 0. The predicted octanol–water partition coefficient (Wildman–Crippen LogP) is 5.39. The van der Waals surface area contributed by atoms with Crippen molar-refractivity contribution >= 4 is 23.7 Å². The van der Waals surface area contributed by atoms with Crippen molar-refractivity contribution in [2.75, 3.05) is 13.3 Å². The number of rotatable bonds is 7. The Kier molecular flexibility index (Phi) is 10.7. The third kappa shape index (κ3) is 8.23. The van der Waals surface area contributed by atoms with E-state index >= 15 is 0 Å². The molecule has 0 radical (unpaired) electrons. The molecule has 0 spiro atoms. The number of fused-ring (bicyclic) bond motifs is 2. The van der Waals surface area contributed by atoms with Gasteiger partial charge in [-0.05, 0) is 79.6 Å². The van der Waals surface area contributed by atoms with Crippen molar-refractivity contribution in [3.63, 3.8) is 0 Å². The summed E-state index contributed by atoms with van der Waals surface area (Å²) in [4.78, 5) is 39.1. The maximum Gasteiger partial charge on any atom is 0.342 e. The van der Waals surface area contributed by atoms with E-state index < -0.39 is 35.8 Å². The number of ketones is 1. The van der Waals surface area contributed by atoms with Gasteiger partial charge in [-0.2, -0.15) is 0 Å². The Bertz CT molecular complexity index is 1670. The largest absolute Gasteiger partial charge is 0.508 e. The number of amides is 1. The van der Waals surface area contributed by atoms with E-state index in [-0.39, 0.29) is 53.7 Å². The minimum atomic E-state index is -1.11. The summed E-state index contributed by atoms with van der Waals surface area (Å²) < 4.78 is 16.7. The van der Waals surface area contributed by atoms with Gasteiger partial charge in [0.2, 0.25) is 12.7 Å². The molecule has 248 valence electrons. The number of phenolic OH excluding ortho intramolecular Hbond substituents is 3. The molecule has 0 saturated carbocycles. The fraction of sp³-hybridized carbons (Fsp3) is 0.361. The van der Waals surface area contributed by atoms with Crippen LogP contribution in [-0.2, 0) is 14.3 Å². The van der Waals surface area contributed by atoms with E-state index in [1.54, 1.807) is 49.4 Å². The van der Waals surface area contributed by atoms with Crippen molar-refractivity contribution in [3.8, 4) is 28.7 Å². The number of ether oxygens (including phenoxy) is 3. The number of aliphatic hydroxyl groups is 1. The number of esters is 1. The van der Waals surface area contributed by atoms with E-state index in [2.05, 4.69) is 5.32 Å². The Balaban J connectivity index is 1.51. The number of carbonyl (C=O) groups is 3. The Labute approximate surface area is 272 Å². The van der Waals surface area contributed by atoms with Crippen LogP contribution in [0.25, 0.3) is 6.08 Å². The number of hydrogen-bond donors (Lipinski definition) is 5. The Morgan fingerprint density at radius 1 is 0.979 bits per heavy atom. The quantitative estimate of drug-likeness (QED) is 0.210. The minimum absolute atomic E-state index is 0.0106. The molecule has 1 amide bonds. The SMILES string of the molecule is C[C@H]1CCCC(=O)CCC/C=C/c2cc(O)c(C(CC(=O)NCC(O)c3cccc(O)c3)c3ccc4c(c3)OCO4)c(O)c2C(=O)O1. The van der Waals surface area contributed by atoms with Crippen LogP contribution in [-0.4, -0.2) is 57.5 Å². The van der Waals surface area contributed by atoms with Crippen molar-refractivity contribution in [2.45, 2.75) is 70.0 Å². The summed E-state index contributed by atoms with van der Waals surface area (Å²) in [6.45, 7) is 1.56. The molecule has 2 aliphatic heterocycles. The Hall–Kier alpha value is -5.03. The first kappa shape index (κ1) is 33.3. The maximum atomic E-state index is 13.6. The lowest BCUT2D eigenvalue weighted by Crippen LogP contribution is -2.29. The van der Waals surface area contributed by atoms with E-state index in [9.17, 15) is 34.8 Å². The number of phenols is 3. The number of hydrogen-bond acceptors (Lipinski definition) is 10. The van der Waals surface area contributed by atoms with Crippen LogP contribution < -0.4 is 14.8 Å². The van der Waals surface area contributed by atoms with E-state index in [0.717, 1.165) is 0 Å². The first-order chi connectivity index (χ1) is 22.6. The summed E-state index contributed by atoms with van der Waals surface area (Å²) in [5, 5.41) is 46.2. The summed E-state index contributed by atoms with van der Waals surface area (Å²) >= 11 is 0. The fourth-order valence-corrected chi connectivity index (χ4v) is 5.85. The molecule has 5 N–H and O–H groups in total. The fourth-order valence-electron chi connectivity index (χ4n) is 5.85. The van der Waals surface area contributed by atoms with Gasteiger partial charge in [-0.15, -0.1) is 0 Å². The highest BCUT2D eigenvalue weighted by Gasteiger charge is 2.32. The molecule has 5 rings (SSSR count). The van der Waals surface area contributed by atoms with Crippen LogP contribution in [0.1, 0.15) is 96.5 Å². The lowest BCUT2D eigenvalue weighted by molar-refractivity contribution is -0.122. The second-order valence-electron chi connectivity index (χ2n) is 11.8. The maximum absolute atomic E-state index is 13.6. The molecule has 0 aromatic heterocycles. The van der Waals surface area contributed by atoms with E-state index in [0.29, 0.717) is 61.2 Å². The number of Topliss-reactive ketones (excluding diaryl/α,β-unsaturated/α-hetero) is 1. The molecular formula is C36H39NO10. The van der Waals surface area contributed by atoms with Crippen LogP contribution in [0, 0.1) is 0 Å². The molecule has 11 nitrogen and oxygen atoms in total. The zero-order valence-electron chi connectivity index (χ0n) is 26.1. The molecule has 3 atom stereocenters. The number of carbonyl (C=O) groups excluding carboxylic acids is 3. The van der Waals surface area contributed by atoms with Crippen LogP contribution in [0.3, 0.4) is 0 Å². The normalized spacial score (nSPS) is 18.7. The molecule has 11 heteroatoms. The lowest BCUT2D eigenvalue weighted by atomic mass is 9.84. The molecule has 0 saturated heterocycles. The van der Waals surface area contributed by atoms with E-state index in [4.69, 9.17) is 14.2 Å². The van der Waals surface area contributed by atoms with Crippen LogP contribution in [0.15, 0.2) is 54.6 Å². The number of cyclic esters (lactones) is 1. The van der Waals surface area contributed by atoms with Gasteiger partial charge >= 0.3 is 5.97 Å². The van der Waals surface area contributed by atoms with Crippen LogP contribution in [0.2, 0.25) is 0 Å². The molecule has 47 heavy (non-hydrogen) atoms. The lowest BCUT2D eigenvalue weighted by Gasteiger charge is -2.23. The first-order valence-electron chi connectivity index (χ1n) is 15.7. The van der Waals surface area contributed by atoms with Gasteiger partial charge in [-0.3, -0.25) is 9.59 Å². The van der Waals surface area contributed by atoms with Crippen molar-refractivity contribution in [1.82, 2.24) is 5.32 Å². The first-order valence-corrected chi connectivity index (χ1v) is 15.7. The molecule has 2 heterocycles. The van der Waals surface area contributed by atoms with Crippen LogP contribution in [0.5, 0.6) is 28.7 Å². The highest BCUT2D eigenvalue weighted by Crippen LogP contribution is 2.46. The molecule has 2 aliphatic rings. The molecule has 3 aromatic carbocycles. The second kappa shape index (κ2) is 15.0. The van der Waals surface area contributed by atoms with Crippen LogP contribution in [0.4, 0.5) is 0 Å². The molecule has 0 aliphatic carbocycles. The average molecular weight is 646 g/mol. The van der Waals surface area contributed by atoms with Gasteiger partial charge in [0, 0.05) is 37.3 Å². The predicted molar refractivity (Wildman–Crippen MR) is 171 cm³/mol. The van der Waals surface area contributed by atoms with Gasteiger partial charge in [-0.1, -0.05) is 30.4 Å². The third-order valence-corrected chi connectivity index (χ3v) is 8.34. The van der Waals surface area contributed by atoms with Gasteiger partial charge in [0.15, 0.2) is 11.5 Å². The minimum Gasteiger partial charge on any atom is -0.508 e. The zero-order chi connectivity index (χ0) is 33.5. The van der Waals surface area contributed by atoms with Gasteiger partial charge in [0.05, 0.1) is 12.2 Å². The number of aromatic hydroxyl groups is 3.